The minimum absolute atomic E-state index is 0.116. The van der Waals surface area contributed by atoms with Crippen molar-refractivity contribution in [1.82, 2.24) is 4.90 Å². The maximum atomic E-state index is 12.9. The van der Waals surface area contributed by atoms with Gasteiger partial charge in [0.25, 0.3) is 5.91 Å². The van der Waals surface area contributed by atoms with E-state index in [1.165, 1.54) is 11.8 Å². The molecule has 1 saturated heterocycles. The van der Waals surface area contributed by atoms with E-state index in [1.807, 2.05) is 66.1 Å². The van der Waals surface area contributed by atoms with Crippen LogP contribution in [-0.4, -0.2) is 22.2 Å². The Morgan fingerprint density at radius 1 is 1.07 bits per heavy atom. The van der Waals surface area contributed by atoms with Gasteiger partial charge in [-0.1, -0.05) is 48.6 Å². The number of carbonyl (C=O) groups is 1. The summed E-state index contributed by atoms with van der Waals surface area (Å²) < 4.78 is 5.40. The van der Waals surface area contributed by atoms with Gasteiger partial charge in [-0.2, -0.15) is 5.10 Å². The average Bonchev–Trinajstić information content (AvgIpc) is 3.49. The molecular formula is C22H17N3O2S2. The van der Waals surface area contributed by atoms with Gasteiger partial charge in [0, 0.05) is 4.88 Å². The number of thiophene rings is 1. The first kappa shape index (κ1) is 19.2. The van der Waals surface area contributed by atoms with E-state index in [0.717, 1.165) is 10.4 Å². The van der Waals surface area contributed by atoms with Crippen LogP contribution in [0.25, 0.3) is 6.08 Å². The highest BCUT2D eigenvalue weighted by Gasteiger charge is 2.33. The van der Waals surface area contributed by atoms with Crippen molar-refractivity contribution in [3.8, 4) is 0 Å². The number of thioether (sulfide) groups is 1. The van der Waals surface area contributed by atoms with Crippen molar-refractivity contribution in [2.45, 2.75) is 6.54 Å². The van der Waals surface area contributed by atoms with Gasteiger partial charge >= 0.3 is 0 Å². The molecule has 0 aliphatic carbocycles. The number of rotatable bonds is 6. The van der Waals surface area contributed by atoms with Crippen molar-refractivity contribution < 1.29 is 9.21 Å². The van der Waals surface area contributed by atoms with Gasteiger partial charge in [-0.05, 0) is 47.0 Å². The fourth-order valence-corrected chi connectivity index (χ4v) is 4.07. The Kier molecular flexibility index (Phi) is 6.19. The second-order valence-electron chi connectivity index (χ2n) is 6.02. The molecule has 5 nitrogen and oxygen atoms in total. The number of hydrogen-bond donors (Lipinski definition) is 0. The number of nitrogens with zero attached hydrogens (tertiary/aromatic N) is 3. The number of furan rings is 1. The van der Waals surface area contributed by atoms with E-state index in [4.69, 9.17) is 4.42 Å². The predicted octanol–water partition coefficient (Wildman–Crippen LogP) is 5.40. The monoisotopic (exact) mass is 419 g/mol. The molecule has 3 heterocycles. The molecule has 0 bridgehead atoms. The summed E-state index contributed by atoms with van der Waals surface area (Å²) in [5, 5.41) is 10.9. The molecule has 29 heavy (non-hydrogen) atoms. The van der Waals surface area contributed by atoms with Crippen molar-refractivity contribution in [2.75, 3.05) is 0 Å². The fraction of sp³-hybridized carbons (Fsp3) is 0.0455. The molecule has 1 aliphatic rings. The lowest BCUT2D eigenvalue weighted by atomic mass is 10.2. The van der Waals surface area contributed by atoms with Crippen LogP contribution in [0.3, 0.4) is 0 Å². The Morgan fingerprint density at radius 3 is 2.72 bits per heavy atom. The first-order chi connectivity index (χ1) is 14.3. The van der Waals surface area contributed by atoms with E-state index >= 15 is 0 Å². The third kappa shape index (κ3) is 5.01. The van der Waals surface area contributed by atoms with Gasteiger partial charge in [-0.25, -0.2) is 0 Å². The molecular weight excluding hydrogens is 402 g/mol. The molecule has 1 aliphatic heterocycles. The zero-order chi connectivity index (χ0) is 19.9. The normalized spacial score (nSPS) is 17.5. The van der Waals surface area contributed by atoms with Crippen LogP contribution in [0.15, 0.2) is 97.9 Å². The van der Waals surface area contributed by atoms with Crippen LogP contribution in [0.4, 0.5) is 0 Å². The highest BCUT2D eigenvalue weighted by atomic mass is 32.2. The molecule has 0 unspecified atom stereocenters. The summed E-state index contributed by atoms with van der Waals surface area (Å²) in [4.78, 5) is 16.1. The lowest BCUT2D eigenvalue weighted by molar-refractivity contribution is -0.122. The summed E-state index contributed by atoms with van der Waals surface area (Å²) in [5.41, 5.74) is 1.07. The number of hydrogen-bond acceptors (Lipinski definition) is 6. The maximum Gasteiger partial charge on any atom is 0.267 e. The van der Waals surface area contributed by atoms with Gasteiger partial charge in [0.05, 0.1) is 23.9 Å². The summed E-state index contributed by atoms with van der Waals surface area (Å²) in [6.45, 7) is 0.311. The van der Waals surface area contributed by atoms with E-state index in [2.05, 4.69) is 10.2 Å². The van der Waals surface area contributed by atoms with Crippen molar-refractivity contribution in [1.29, 1.82) is 0 Å². The van der Waals surface area contributed by atoms with Crippen molar-refractivity contribution >= 4 is 46.5 Å². The van der Waals surface area contributed by atoms with E-state index in [9.17, 15) is 4.79 Å². The SMILES string of the molecule is O=C1/C(=C/C=C/c2ccccc2)S/C(=N/N=C\c2cccs2)N1Cc1ccco1. The second-order valence-corrected chi connectivity index (χ2v) is 8.00. The third-order valence-electron chi connectivity index (χ3n) is 3.99. The fourth-order valence-electron chi connectivity index (χ4n) is 2.61. The zero-order valence-electron chi connectivity index (χ0n) is 15.3. The molecule has 3 aromatic rings. The quantitative estimate of drug-likeness (QED) is 0.305. The van der Waals surface area contributed by atoms with E-state index in [0.29, 0.717) is 22.4 Å². The molecule has 1 aromatic carbocycles. The van der Waals surface area contributed by atoms with Crippen LogP contribution < -0.4 is 0 Å². The van der Waals surface area contributed by atoms with E-state index < -0.39 is 0 Å². The highest BCUT2D eigenvalue weighted by Crippen LogP contribution is 2.32. The Labute approximate surface area is 176 Å². The Bertz CT molecular complexity index is 1070. The van der Waals surface area contributed by atoms with Crippen molar-refractivity contribution in [3.05, 3.63) is 99.5 Å². The molecule has 1 amide bonds. The average molecular weight is 420 g/mol. The van der Waals surface area contributed by atoms with E-state index in [1.54, 1.807) is 40.9 Å². The molecule has 0 saturated carbocycles. The largest absolute Gasteiger partial charge is 0.467 e. The van der Waals surface area contributed by atoms with Gasteiger partial charge in [0.15, 0.2) is 5.17 Å². The second kappa shape index (κ2) is 9.36. The van der Waals surface area contributed by atoms with Crippen LogP contribution in [0.2, 0.25) is 0 Å². The molecule has 0 radical (unpaired) electrons. The number of amidine groups is 1. The Balaban J connectivity index is 1.55. The summed E-state index contributed by atoms with van der Waals surface area (Å²) >= 11 is 2.88. The summed E-state index contributed by atoms with van der Waals surface area (Å²) in [7, 11) is 0. The smallest absolute Gasteiger partial charge is 0.267 e. The number of amides is 1. The predicted molar refractivity (Wildman–Crippen MR) is 120 cm³/mol. The molecule has 1 fully saturated rings. The first-order valence-electron chi connectivity index (χ1n) is 8.89. The van der Waals surface area contributed by atoms with Gasteiger partial charge in [-0.3, -0.25) is 9.69 Å². The van der Waals surface area contributed by atoms with Crippen LogP contribution in [-0.2, 0) is 11.3 Å². The number of benzene rings is 1. The first-order valence-corrected chi connectivity index (χ1v) is 10.6. The van der Waals surface area contributed by atoms with Crippen LogP contribution in [0, 0.1) is 0 Å². The summed E-state index contributed by atoms with van der Waals surface area (Å²) in [6, 6.07) is 17.5. The van der Waals surface area contributed by atoms with Crippen LogP contribution >= 0.6 is 23.1 Å². The summed E-state index contributed by atoms with van der Waals surface area (Å²) in [5.74, 6) is 0.573. The number of allylic oxidation sites excluding steroid dienone is 2. The maximum absolute atomic E-state index is 12.9. The molecule has 2 aromatic heterocycles. The Hall–Kier alpha value is -3.16. The molecule has 0 N–H and O–H groups in total. The Morgan fingerprint density at radius 2 is 1.97 bits per heavy atom. The summed E-state index contributed by atoms with van der Waals surface area (Å²) in [6.07, 6.45) is 8.92. The molecule has 0 spiro atoms. The minimum atomic E-state index is -0.116. The minimum Gasteiger partial charge on any atom is -0.467 e. The molecule has 144 valence electrons. The van der Waals surface area contributed by atoms with Crippen molar-refractivity contribution in [3.63, 3.8) is 0 Å². The van der Waals surface area contributed by atoms with Crippen LogP contribution in [0.1, 0.15) is 16.2 Å². The lowest BCUT2D eigenvalue weighted by Crippen LogP contribution is -2.28. The third-order valence-corrected chi connectivity index (χ3v) is 5.81. The lowest BCUT2D eigenvalue weighted by Gasteiger charge is -2.12. The zero-order valence-corrected chi connectivity index (χ0v) is 17.0. The number of carbonyl (C=O) groups excluding carboxylic acids is 1. The molecule has 7 heteroatoms. The standard InChI is InChI=1S/C22H17N3O2S2/c26-21-20(12-4-9-17-7-2-1-3-8-17)29-22(24-23-15-19-11-6-14-28-19)25(21)16-18-10-5-13-27-18/h1-15H,16H2/b9-4+,20-12-,23-15-,24-22+. The van der Waals surface area contributed by atoms with Gasteiger partial charge in [-0.15, -0.1) is 16.4 Å². The molecule has 0 atom stereocenters. The molecule has 4 rings (SSSR count). The topological polar surface area (TPSA) is 58.2 Å². The van der Waals surface area contributed by atoms with Gasteiger partial charge in [0.2, 0.25) is 0 Å². The highest BCUT2D eigenvalue weighted by molar-refractivity contribution is 8.18. The van der Waals surface area contributed by atoms with Crippen LogP contribution in [0.5, 0.6) is 0 Å². The van der Waals surface area contributed by atoms with Gasteiger partial charge < -0.3 is 4.42 Å². The van der Waals surface area contributed by atoms with E-state index in [-0.39, 0.29) is 5.91 Å². The van der Waals surface area contributed by atoms with Gasteiger partial charge in [0.1, 0.15) is 5.76 Å². The van der Waals surface area contributed by atoms with Crippen molar-refractivity contribution in [2.24, 2.45) is 10.2 Å².